The van der Waals surface area contributed by atoms with Crippen molar-refractivity contribution in [2.24, 2.45) is 5.92 Å². The van der Waals surface area contributed by atoms with Gasteiger partial charge in [-0.05, 0) is 26.1 Å². The Kier molecular flexibility index (Phi) is 5.57. The van der Waals surface area contributed by atoms with Crippen molar-refractivity contribution in [3.8, 4) is 0 Å². The second-order valence-electron chi connectivity index (χ2n) is 5.18. The Hall–Kier alpha value is -1.33. The molecule has 19 heavy (non-hydrogen) atoms. The molecule has 1 N–H and O–H groups in total. The molecule has 0 amide bonds. The van der Waals surface area contributed by atoms with E-state index in [1.54, 1.807) is 6.07 Å². The van der Waals surface area contributed by atoms with Crippen LogP contribution in [-0.2, 0) is 0 Å². The summed E-state index contributed by atoms with van der Waals surface area (Å²) < 4.78 is 0. The Morgan fingerprint density at radius 1 is 1.42 bits per heavy atom. The van der Waals surface area contributed by atoms with Gasteiger partial charge in [-0.15, -0.1) is 0 Å². The molecule has 0 heterocycles. The molecule has 1 aromatic rings. The highest BCUT2D eigenvalue weighted by Gasteiger charge is 2.17. The number of nitro groups is 1. The number of nitrogens with zero attached hydrogens (tertiary/aromatic N) is 2. The minimum Gasteiger partial charge on any atom is -0.380 e. The Labute approximate surface area is 118 Å². The number of halogens is 1. The first-order valence-electron chi connectivity index (χ1n) is 6.16. The van der Waals surface area contributed by atoms with Crippen molar-refractivity contribution < 1.29 is 4.92 Å². The van der Waals surface area contributed by atoms with Crippen LogP contribution >= 0.6 is 11.6 Å². The molecule has 6 heteroatoms. The Balaban J connectivity index is 2.88. The zero-order chi connectivity index (χ0) is 14.6. The van der Waals surface area contributed by atoms with Crippen molar-refractivity contribution in [2.75, 3.05) is 26.0 Å². The van der Waals surface area contributed by atoms with Gasteiger partial charge in [0.1, 0.15) is 0 Å². The Morgan fingerprint density at radius 2 is 2.05 bits per heavy atom. The molecular weight excluding hydrogens is 266 g/mol. The molecule has 1 rings (SSSR count). The van der Waals surface area contributed by atoms with E-state index in [9.17, 15) is 10.1 Å². The van der Waals surface area contributed by atoms with Gasteiger partial charge in [0.25, 0.3) is 5.69 Å². The van der Waals surface area contributed by atoms with Crippen LogP contribution in [0.25, 0.3) is 0 Å². The van der Waals surface area contributed by atoms with Gasteiger partial charge >= 0.3 is 0 Å². The van der Waals surface area contributed by atoms with Crippen molar-refractivity contribution >= 4 is 23.0 Å². The molecule has 106 valence electrons. The van der Waals surface area contributed by atoms with Crippen molar-refractivity contribution in [1.29, 1.82) is 0 Å². The van der Waals surface area contributed by atoms with E-state index in [0.29, 0.717) is 10.9 Å². The first-order valence-corrected chi connectivity index (χ1v) is 6.54. The van der Waals surface area contributed by atoms with Gasteiger partial charge in [0.2, 0.25) is 0 Å². The van der Waals surface area contributed by atoms with Gasteiger partial charge in [0, 0.05) is 24.7 Å². The zero-order valence-corrected chi connectivity index (χ0v) is 12.4. The van der Waals surface area contributed by atoms with Crippen LogP contribution in [0.15, 0.2) is 18.2 Å². The highest BCUT2D eigenvalue weighted by Crippen LogP contribution is 2.28. The van der Waals surface area contributed by atoms with Crippen LogP contribution in [-0.4, -0.2) is 36.5 Å². The molecule has 5 nitrogen and oxygen atoms in total. The van der Waals surface area contributed by atoms with E-state index in [1.165, 1.54) is 12.1 Å². The van der Waals surface area contributed by atoms with Gasteiger partial charge in [0.05, 0.1) is 15.6 Å². The average Bonchev–Trinajstić information content (AvgIpc) is 2.29. The van der Waals surface area contributed by atoms with E-state index >= 15 is 0 Å². The number of non-ortho nitro benzene ring substituents is 1. The summed E-state index contributed by atoms with van der Waals surface area (Å²) in [5.74, 6) is 0.425. The zero-order valence-electron chi connectivity index (χ0n) is 11.7. The fraction of sp³-hybridized carbons (Fsp3) is 0.538. The first kappa shape index (κ1) is 15.7. The molecule has 0 aliphatic rings. The summed E-state index contributed by atoms with van der Waals surface area (Å²) in [6.45, 7) is 5.12. The molecule has 1 unspecified atom stereocenters. The molecule has 0 radical (unpaired) electrons. The maximum absolute atomic E-state index is 10.7. The number of rotatable bonds is 6. The van der Waals surface area contributed by atoms with E-state index in [2.05, 4.69) is 24.1 Å². The smallest absolute Gasteiger partial charge is 0.271 e. The SMILES string of the molecule is CC(C)C(CN(C)C)Nc1ccc([N+](=O)[O-])cc1Cl. The summed E-state index contributed by atoms with van der Waals surface area (Å²) in [5.41, 5.74) is 0.733. The third-order valence-electron chi connectivity index (χ3n) is 2.87. The summed E-state index contributed by atoms with van der Waals surface area (Å²) in [5, 5.41) is 14.4. The van der Waals surface area contributed by atoms with Gasteiger partial charge in [-0.1, -0.05) is 25.4 Å². The average molecular weight is 286 g/mol. The lowest BCUT2D eigenvalue weighted by molar-refractivity contribution is -0.384. The van der Waals surface area contributed by atoms with Crippen LogP contribution in [0.1, 0.15) is 13.8 Å². The lowest BCUT2D eigenvalue weighted by Gasteiger charge is -2.27. The van der Waals surface area contributed by atoms with Crippen LogP contribution in [0.4, 0.5) is 11.4 Å². The van der Waals surface area contributed by atoms with Crippen LogP contribution in [0.3, 0.4) is 0 Å². The quantitative estimate of drug-likeness (QED) is 0.644. The number of hydrogen-bond donors (Lipinski definition) is 1. The number of nitro benzene ring substituents is 1. The molecule has 1 aromatic carbocycles. The van der Waals surface area contributed by atoms with Gasteiger partial charge in [0.15, 0.2) is 0 Å². The summed E-state index contributed by atoms with van der Waals surface area (Å²) >= 11 is 6.08. The molecule has 0 aliphatic carbocycles. The lowest BCUT2D eigenvalue weighted by atomic mass is 10.0. The largest absolute Gasteiger partial charge is 0.380 e. The summed E-state index contributed by atoms with van der Waals surface area (Å²) in [4.78, 5) is 12.3. The number of anilines is 1. The molecule has 0 saturated heterocycles. The Bertz CT molecular complexity index is 450. The standard InChI is InChI=1S/C13H20ClN3O2/c1-9(2)13(8-16(3)4)15-12-6-5-10(17(18)19)7-11(12)14/h5-7,9,13,15H,8H2,1-4H3. The topological polar surface area (TPSA) is 58.4 Å². The van der Waals surface area contributed by atoms with Crippen LogP contribution < -0.4 is 5.32 Å². The molecule has 0 fully saturated rings. The van der Waals surface area contributed by atoms with E-state index in [-0.39, 0.29) is 11.7 Å². The van der Waals surface area contributed by atoms with E-state index in [0.717, 1.165) is 12.2 Å². The highest BCUT2D eigenvalue weighted by atomic mass is 35.5. The predicted molar refractivity (Wildman–Crippen MR) is 78.9 cm³/mol. The molecule has 0 aromatic heterocycles. The van der Waals surface area contributed by atoms with Crippen molar-refractivity contribution in [3.63, 3.8) is 0 Å². The summed E-state index contributed by atoms with van der Waals surface area (Å²) in [6, 6.07) is 4.72. The van der Waals surface area contributed by atoms with Gasteiger partial charge in [-0.25, -0.2) is 0 Å². The third-order valence-corrected chi connectivity index (χ3v) is 3.18. The minimum absolute atomic E-state index is 0.00394. The monoisotopic (exact) mass is 285 g/mol. The normalized spacial score (nSPS) is 12.8. The molecule has 1 atom stereocenters. The first-order chi connectivity index (χ1) is 8.81. The molecular formula is C13H20ClN3O2. The predicted octanol–water partition coefficient (Wildman–Crippen LogP) is 3.25. The molecule has 0 bridgehead atoms. The maximum atomic E-state index is 10.7. The fourth-order valence-corrected chi connectivity index (χ4v) is 1.98. The third kappa shape index (κ3) is 4.69. The van der Waals surface area contributed by atoms with Crippen molar-refractivity contribution in [2.45, 2.75) is 19.9 Å². The Morgan fingerprint density at radius 3 is 2.47 bits per heavy atom. The fourth-order valence-electron chi connectivity index (χ4n) is 1.75. The number of benzene rings is 1. The number of likely N-dealkylation sites (N-methyl/N-ethyl adjacent to an activating group) is 1. The van der Waals surface area contributed by atoms with E-state index in [1.807, 2.05) is 14.1 Å². The molecule has 0 spiro atoms. The van der Waals surface area contributed by atoms with Crippen LogP contribution in [0.2, 0.25) is 5.02 Å². The van der Waals surface area contributed by atoms with Gasteiger partial charge in [-0.3, -0.25) is 10.1 Å². The van der Waals surface area contributed by atoms with E-state index < -0.39 is 4.92 Å². The number of nitrogens with one attached hydrogen (secondary N) is 1. The summed E-state index contributed by atoms with van der Waals surface area (Å²) in [7, 11) is 4.02. The highest BCUT2D eigenvalue weighted by molar-refractivity contribution is 6.33. The second kappa shape index (κ2) is 6.73. The van der Waals surface area contributed by atoms with E-state index in [4.69, 9.17) is 11.6 Å². The van der Waals surface area contributed by atoms with Crippen LogP contribution in [0, 0.1) is 16.0 Å². The van der Waals surface area contributed by atoms with Crippen LogP contribution in [0.5, 0.6) is 0 Å². The molecule has 0 aliphatic heterocycles. The number of hydrogen-bond acceptors (Lipinski definition) is 4. The van der Waals surface area contributed by atoms with Gasteiger partial charge in [-0.2, -0.15) is 0 Å². The minimum atomic E-state index is -0.449. The lowest BCUT2D eigenvalue weighted by Crippen LogP contribution is -2.36. The summed E-state index contributed by atoms with van der Waals surface area (Å²) in [6.07, 6.45) is 0. The van der Waals surface area contributed by atoms with Crippen molar-refractivity contribution in [1.82, 2.24) is 4.90 Å². The molecule has 0 saturated carbocycles. The van der Waals surface area contributed by atoms with Gasteiger partial charge < -0.3 is 10.2 Å². The van der Waals surface area contributed by atoms with Crippen molar-refractivity contribution in [3.05, 3.63) is 33.3 Å². The second-order valence-corrected chi connectivity index (χ2v) is 5.59. The maximum Gasteiger partial charge on any atom is 0.271 e.